The number of carbonyl (C=O) groups is 3. The van der Waals surface area contributed by atoms with E-state index in [1.54, 1.807) is 30.3 Å². The summed E-state index contributed by atoms with van der Waals surface area (Å²) in [5, 5.41) is 6.82. The molecule has 0 saturated heterocycles. The standard InChI is InChI=1S/C18H17N3O4/c22-16-12-4-1-2-5-13(12)17(23)21(16)8-3-9-25-18(24)15-10-14(19-20-15)11-6-7-11/h1-2,4-5,10-11H,3,6-9H2,(H,19,20). The number of rotatable bonds is 6. The second-order valence-electron chi connectivity index (χ2n) is 6.28. The molecule has 7 heteroatoms. The molecule has 2 aromatic rings. The molecule has 2 heterocycles. The lowest BCUT2D eigenvalue weighted by atomic mass is 10.1. The lowest BCUT2D eigenvalue weighted by Crippen LogP contribution is -2.31. The van der Waals surface area contributed by atoms with Gasteiger partial charge in [0.05, 0.1) is 17.7 Å². The smallest absolute Gasteiger partial charge is 0.358 e. The van der Waals surface area contributed by atoms with E-state index in [9.17, 15) is 14.4 Å². The minimum atomic E-state index is -0.495. The Morgan fingerprint density at radius 3 is 2.52 bits per heavy atom. The molecule has 1 saturated carbocycles. The number of carbonyl (C=O) groups excluding carboxylic acids is 3. The highest BCUT2D eigenvalue weighted by Gasteiger charge is 2.34. The van der Waals surface area contributed by atoms with Crippen molar-refractivity contribution < 1.29 is 19.1 Å². The van der Waals surface area contributed by atoms with Crippen LogP contribution in [-0.2, 0) is 4.74 Å². The van der Waals surface area contributed by atoms with Crippen molar-refractivity contribution in [2.75, 3.05) is 13.2 Å². The van der Waals surface area contributed by atoms with E-state index in [2.05, 4.69) is 10.2 Å². The van der Waals surface area contributed by atoms with E-state index in [1.165, 1.54) is 4.90 Å². The number of aromatic nitrogens is 2. The lowest BCUT2D eigenvalue weighted by Gasteiger charge is -2.13. The first-order valence-electron chi connectivity index (χ1n) is 8.33. The predicted octanol–water partition coefficient (Wildman–Crippen LogP) is 2.13. The van der Waals surface area contributed by atoms with Crippen LogP contribution in [0.5, 0.6) is 0 Å². The van der Waals surface area contributed by atoms with Crippen LogP contribution in [0.4, 0.5) is 0 Å². The molecule has 7 nitrogen and oxygen atoms in total. The number of H-pyrrole nitrogens is 1. The fraction of sp³-hybridized carbons (Fsp3) is 0.333. The van der Waals surface area contributed by atoms with Gasteiger partial charge in [0, 0.05) is 18.2 Å². The van der Waals surface area contributed by atoms with Gasteiger partial charge in [0.1, 0.15) is 0 Å². The van der Waals surface area contributed by atoms with Gasteiger partial charge in [-0.1, -0.05) is 12.1 Å². The minimum absolute atomic E-state index is 0.123. The van der Waals surface area contributed by atoms with Crippen molar-refractivity contribution in [2.45, 2.75) is 25.2 Å². The van der Waals surface area contributed by atoms with Crippen LogP contribution in [0.2, 0.25) is 0 Å². The van der Waals surface area contributed by atoms with Crippen molar-refractivity contribution in [1.29, 1.82) is 0 Å². The maximum absolute atomic E-state index is 12.2. The Balaban J connectivity index is 1.27. The van der Waals surface area contributed by atoms with Crippen LogP contribution in [-0.4, -0.2) is 46.0 Å². The summed E-state index contributed by atoms with van der Waals surface area (Å²) in [6, 6.07) is 8.48. The molecular formula is C18H17N3O4. The van der Waals surface area contributed by atoms with Crippen molar-refractivity contribution in [1.82, 2.24) is 15.1 Å². The first kappa shape index (κ1) is 15.6. The molecule has 0 bridgehead atoms. The number of imide groups is 1. The number of aromatic amines is 1. The first-order chi connectivity index (χ1) is 12.1. The molecule has 1 aliphatic carbocycles. The van der Waals surface area contributed by atoms with Crippen molar-refractivity contribution in [3.05, 3.63) is 52.8 Å². The zero-order valence-corrected chi connectivity index (χ0v) is 13.5. The van der Waals surface area contributed by atoms with Crippen molar-refractivity contribution in [3.8, 4) is 0 Å². The second-order valence-corrected chi connectivity index (χ2v) is 6.28. The van der Waals surface area contributed by atoms with E-state index in [1.807, 2.05) is 0 Å². The number of amides is 2. The molecule has 0 unspecified atom stereocenters. The summed E-state index contributed by atoms with van der Waals surface area (Å²) in [7, 11) is 0. The summed E-state index contributed by atoms with van der Waals surface area (Å²) < 4.78 is 5.18. The van der Waals surface area contributed by atoms with E-state index >= 15 is 0 Å². The molecule has 1 aromatic heterocycles. The van der Waals surface area contributed by atoms with Crippen LogP contribution in [0.3, 0.4) is 0 Å². The molecule has 0 atom stereocenters. The number of hydrogen-bond acceptors (Lipinski definition) is 5. The molecule has 25 heavy (non-hydrogen) atoms. The summed E-state index contributed by atoms with van der Waals surface area (Å²) in [5.74, 6) is -0.602. The van der Waals surface area contributed by atoms with Crippen LogP contribution < -0.4 is 0 Å². The molecule has 0 radical (unpaired) electrons. The zero-order valence-electron chi connectivity index (χ0n) is 13.5. The third-order valence-electron chi connectivity index (χ3n) is 4.46. The molecule has 1 fully saturated rings. The van der Waals surface area contributed by atoms with Gasteiger partial charge in [-0.15, -0.1) is 0 Å². The summed E-state index contributed by atoms with van der Waals surface area (Å²) in [5.41, 5.74) is 2.09. The van der Waals surface area contributed by atoms with Crippen LogP contribution >= 0.6 is 0 Å². The van der Waals surface area contributed by atoms with Gasteiger partial charge in [0.15, 0.2) is 5.69 Å². The van der Waals surface area contributed by atoms with Crippen LogP contribution in [0.1, 0.15) is 62.1 Å². The van der Waals surface area contributed by atoms with E-state index in [0.717, 1.165) is 18.5 Å². The van der Waals surface area contributed by atoms with E-state index in [-0.39, 0.29) is 30.7 Å². The maximum Gasteiger partial charge on any atom is 0.358 e. The third kappa shape index (κ3) is 2.93. The fourth-order valence-electron chi connectivity index (χ4n) is 2.95. The number of fused-ring (bicyclic) bond motifs is 1. The van der Waals surface area contributed by atoms with Gasteiger partial charge >= 0.3 is 5.97 Å². The Morgan fingerprint density at radius 2 is 1.88 bits per heavy atom. The number of hydrogen-bond donors (Lipinski definition) is 1. The first-order valence-corrected chi connectivity index (χ1v) is 8.33. The normalized spacial score (nSPS) is 16.2. The van der Waals surface area contributed by atoms with Gasteiger partial charge in [0.2, 0.25) is 0 Å². The Bertz CT molecular complexity index is 819. The Hall–Kier alpha value is -2.96. The highest BCUT2D eigenvalue weighted by Crippen LogP contribution is 2.39. The monoisotopic (exact) mass is 339 g/mol. The van der Waals surface area contributed by atoms with Crippen molar-refractivity contribution in [2.24, 2.45) is 0 Å². The molecule has 1 aromatic carbocycles. The molecule has 0 spiro atoms. The number of esters is 1. The van der Waals surface area contributed by atoms with Crippen LogP contribution in [0, 0.1) is 0 Å². The largest absolute Gasteiger partial charge is 0.461 e. The van der Waals surface area contributed by atoms with Gasteiger partial charge < -0.3 is 4.74 Å². The van der Waals surface area contributed by atoms with E-state index < -0.39 is 5.97 Å². The number of benzene rings is 1. The van der Waals surface area contributed by atoms with Gasteiger partial charge in [-0.05, 0) is 37.5 Å². The Kier molecular flexibility index (Phi) is 3.83. The third-order valence-corrected chi connectivity index (χ3v) is 4.46. The molecular weight excluding hydrogens is 322 g/mol. The summed E-state index contributed by atoms with van der Waals surface area (Å²) in [6.07, 6.45) is 2.63. The predicted molar refractivity (Wildman–Crippen MR) is 87.3 cm³/mol. The molecule has 1 aliphatic heterocycles. The van der Waals surface area contributed by atoms with Crippen LogP contribution in [0.25, 0.3) is 0 Å². The van der Waals surface area contributed by atoms with Gasteiger partial charge in [-0.2, -0.15) is 5.10 Å². The molecule has 2 amide bonds. The van der Waals surface area contributed by atoms with Gasteiger partial charge in [-0.25, -0.2) is 4.79 Å². The zero-order chi connectivity index (χ0) is 17.4. The quantitative estimate of drug-likeness (QED) is 0.494. The van der Waals surface area contributed by atoms with E-state index in [0.29, 0.717) is 23.5 Å². The molecule has 128 valence electrons. The second kappa shape index (κ2) is 6.16. The number of nitrogens with zero attached hydrogens (tertiary/aromatic N) is 2. The summed E-state index contributed by atoms with van der Waals surface area (Å²) in [6.45, 7) is 0.339. The summed E-state index contributed by atoms with van der Waals surface area (Å²) in [4.78, 5) is 37.6. The van der Waals surface area contributed by atoms with Crippen molar-refractivity contribution in [3.63, 3.8) is 0 Å². The highest BCUT2D eigenvalue weighted by molar-refractivity contribution is 6.21. The fourth-order valence-corrected chi connectivity index (χ4v) is 2.95. The lowest BCUT2D eigenvalue weighted by molar-refractivity contribution is 0.0476. The highest BCUT2D eigenvalue weighted by atomic mass is 16.5. The Labute approximate surface area is 144 Å². The molecule has 1 N–H and O–H groups in total. The minimum Gasteiger partial charge on any atom is -0.461 e. The number of nitrogens with one attached hydrogen (secondary N) is 1. The van der Waals surface area contributed by atoms with Crippen LogP contribution in [0.15, 0.2) is 30.3 Å². The number of ether oxygens (including phenoxy) is 1. The maximum atomic E-state index is 12.2. The average Bonchev–Trinajstić information content (AvgIpc) is 3.31. The Morgan fingerprint density at radius 1 is 1.20 bits per heavy atom. The molecule has 2 aliphatic rings. The topological polar surface area (TPSA) is 92.4 Å². The van der Waals surface area contributed by atoms with Gasteiger partial charge in [0.25, 0.3) is 11.8 Å². The average molecular weight is 339 g/mol. The van der Waals surface area contributed by atoms with Gasteiger partial charge in [-0.3, -0.25) is 19.6 Å². The van der Waals surface area contributed by atoms with Crippen molar-refractivity contribution >= 4 is 17.8 Å². The molecule has 4 rings (SSSR count). The summed E-state index contributed by atoms with van der Waals surface area (Å²) >= 11 is 0. The SMILES string of the molecule is O=C(OCCCN1C(=O)c2ccccc2C1=O)c1cc(C2CC2)[nH]n1. The van der Waals surface area contributed by atoms with E-state index in [4.69, 9.17) is 4.74 Å².